The van der Waals surface area contributed by atoms with Gasteiger partial charge in [0.2, 0.25) is 5.91 Å². The molecule has 1 aromatic rings. The number of carbonyl (C=O) groups is 1. The zero-order valence-electron chi connectivity index (χ0n) is 16.5. The molecule has 6 nitrogen and oxygen atoms in total. The van der Waals surface area contributed by atoms with Gasteiger partial charge in [0.25, 0.3) is 0 Å². The first-order valence-corrected chi connectivity index (χ1v) is 10.1. The number of hydrogen-bond donors (Lipinski definition) is 2. The van der Waals surface area contributed by atoms with Crippen LogP contribution >= 0.6 is 0 Å². The van der Waals surface area contributed by atoms with Crippen LogP contribution < -0.4 is 5.32 Å². The van der Waals surface area contributed by atoms with Crippen LogP contribution in [0.15, 0.2) is 30.3 Å². The number of likely N-dealkylation sites (N-methyl/N-ethyl adjacent to an activating group) is 1. The Morgan fingerprint density at radius 2 is 2.11 bits per heavy atom. The lowest BCUT2D eigenvalue weighted by Crippen LogP contribution is -2.48. The van der Waals surface area contributed by atoms with Gasteiger partial charge in [0.15, 0.2) is 6.29 Å². The minimum absolute atomic E-state index is 0.0274. The average molecular weight is 376 g/mol. The maximum Gasteiger partial charge on any atom is 0.237 e. The normalized spacial score (nSPS) is 29.2. The van der Waals surface area contributed by atoms with Crippen molar-refractivity contribution in [2.75, 3.05) is 26.7 Å². The zero-order valence-corrected chi connectivity index (χ0v) is 16.5. The first-order valence-electron chi connectivity index (χ1n) is 10.1. The lowest BCUT2D eigenvalue weighted by molar-refractivity contribution is -0.173. The van der Waals surface area contributed by atoms with Gasteiger partial charge in [-0.2, -0.15) is 0 Å². The lowest BCUT2D eigenvalue weighted by Gasteiger charge is -2.36. The molecule has 0 aliphatic carbocycles. The van der Waals surface area contributed by atoms with Crippen LogP contribution in [0.3, 0.4) is 0 Å². The molecule has 4 unspecified atom stereocenters. The van der Waals surface area contributed by atoms with Crippen molar-refractivity contribution in [2.24, 2.45) is 0 Å². The third-order valence-corrected chi connectivity index (χ3v) is 5.75. The highest BCUT2D eigenvalue weighted by molar-refractivity contribution is 5.82. The molecule has 3 rings (SSSR count). The predicted octanol–water partition coefficient (Wildman–Crippen LogP) is 1.58. The molecule has 2 N–H and O–H groups in total. The van der Waals surface area contributed by atoms with E-state index in [2.05, 4.69) is 34.3 Å². The molecule has 150 valence electrons. The molecule has 0 spiro atoms. The second kappa shape index (κ2) is 9.64. The van der Waals surface area contributed by atoms with E-state index in [1.807, 2.05) is 25.1 Å². The van der Waals surface area contributed by atoms with Gasteiger partial charge in [-0.3, -0.25) is 9.69 Å². The Balaban J connectivity index is 1.43. The molecule has 1 aromatic carbocycles. The van der Waals surface area contributed by atoms with Gasteiger partial charge in [0.05, 0.1) is 12.1 Å². The summed E-state index contributed by atoms with van der Waals surface area (Å²) < 4.78 is 5.39. The molecule has 4 atom stereocenters. The largest absolute Gasteiger partial charge is 0.368 e. The zero-order chi connectivity index (χ0) is 19.2. The molecule has 0 radical (unpaired) electrons. The van der Waals surface area contributed by atoms with E-state index in [4.69, 9.17) is 4.74 Å². The van der Waals surface area contributed by atoms with Gasteiger partial charge >= 0.3 is 0 Å². The summed E-state index contributed by atoms with van der Waals surface area (Å²) in [4.78, 5) is 17.2. The summed E-state index contributed by atoms with van der Waals surface area (Å²) in [7, 11) is 2.05. The van der Waals surface area contributed by atoms with Crippen LogP contribution in [0.25, 0.3) is 0 Å². The molecule has 2 aliphatic heterocycles. The third-order valence-electron chi connectivity index (χ3n) is 5.75. The quantitative estimate of drug-likeness (QED) is 0.758. The van der Waals surface area contributed by atoms with Gasteiger partial charge in [0.1, 0.15) is 0 Å². The number of hydrogen-bond acceptors (Lipinski definition) is 5. The van der Waals surface area contributed by atoms with E-state index in [0.29, 0.717) is 19.0 Å². The standard InChI is InChI=1S/C21H33N3O3/c1-16-13-18(14-20(25)27-16)23(2)12-10-22-21(26)19-9-6-11-24(19)15-17-7-4-3-5-8-17/h3-5,7-8,16,18-20,25H,6,9-15H2,1-2H3,(H,22,26). The summed E-state index contributed by atoms with van der Waals surface area (Å²) in [5.41, 5.74) is 1.25. The Hall–Kier alpha value is -1.47. The van der Waals surface area contributed by atoms with E-state index in [9.17, 15) is 9.90 Å². The van der Waals surface area contributed by atoms with Gasteiger partial charge in [0, 0.05) is 32.1 Å². The SMILES string of the molecule is CC1CC(N(C)CCNC(=O)C2CCCN2Cc2ccccc2)CC(O)O1. The Morgan fingerprint density at radius 3 is 2.85 bits per heavy atom. The average Bonchev–Trinajstić information content (AvgIpc) is 3.09. The van der Waals surface area contributed by atoms with E-state index in [-0.39, 0.29) is 18.1 Å². The number of nitrogens with one attached hydrogen (secondary N) is 1. The maximum atomic E-state index is 12.7. The summed E-state index contributed by atoms with van der Waals surface area (Å²) in [5.74, 6) is 0.136. The van der Waals surface area contributed by atoms with Gasteiger partial charge in [-0.1, -0.05) is 30.3 Å². The van der Waals surface area contributed by atoms with E-state index in [0.717, 1.165) is 38.9 Å². The number of ether oxygens (including phenoxy) is 1. The molecule has 0 aromatic heterocycles. The van der Waals surface area contributed by atoms with Crippen molar-refractivity contribution in [1.82, 2.24) is 15.1 Å². The van der Waals surface area contributed by atoms with Crippen LogP contribution in [-0.4, -0.2) is 72.0 Å². The van der Waals surface area contributed by atoms with Crippen molar-refractivity contribution in [3.63, 3.8) is 0 Å². The minimum atomic E-state index is -0.680. The van der Waals surface area contributed by atoms with Crippen molar-refractivity contribution >= 4 is 5.91 Å². The second-order valence-corrected chi connectivity index (χ2v) is 7.91. The number of amides is 1. The Kier molecular flexibility index (Phi) is 7.24. The lowest BCUT2D eigenvalue weighted by atomic mass is 10.0. The van der Waals surface area contributed by atoms with Crippen LogP contribution in [0, 0.1) is 0 Å². The Labute approximate surface area is 162 Å². The fraction of sp³-hybridized carbons (Fsp3) is 0.667. The van der Waals surface area contributed by atoms with Crippen molar-refractivity contribution in [2.45, 2.75) is 63.6 Å². The molecule has 27 heavy (non-hydrogen) atoms. The van der Waals surface area contributed by atoms with E-state index in [1.54, 1.807) is 0 Å². The number of carbonyl (C=O) groups excluding carboxylic acids is 1. The molecule has 1 amide bonds. The smallest absolute Gasteiger partial charge is 0.237 e. The fourth-order valence-corrected chi connectivity index (χ4v) is 4.24. The van der Waals surface area contributed by atoms with Gasteiger partial charge in [-0.15, -0.1) is 0 Å². The molecule has 2 heterocycles. The Bertz CT molecular complexity index is 588. The second-order valence-electron chi connectivity index (χ2n) is 7.91. The predicted molar refractivity (Wildman–Crippen MR) is 105 cm³/mol. The van der Waals surface area contributed by atoms with Crippen LogP contribution in [0.5, 0.6) is 0 Å². The van der Waals surface area contributed by atoms with Crippen LogP contribution in [0.2, 0.25) is 0 Å². The highest BCUT2D eigenvalue weighted by Gasteiger charge is 2.31. The fourth-order valence-electron chi connectivity index (χ4n) is 4.24. The molecular weight excluding hydrogens is 342 g/mol. The van der Waals surface area contributed by atoms with Crippen LogP contribution in [0.1, 0.15) is 38.2 Å². The van der Waals surface area contributed by atoms with Crippen molar-refractivity contribution in [3.05, 3.63) is 35.9 Å². The van der Waals surface area contributed by atoms with Gasteiger partial charge in [-0.25, -0.2) is 0 Å². The Morgan fingerprint density at radius 1 is 1.33 bits per heavy atom. The van der Waals surface area contributed by atoms with E-state index >= 15 is 0 Å². The summed E-state index contributed by atoms with van der Waals surface area (Å²) >= 11 is 0. The van der Waals surface area contributed by atoms with E-state index in [1.165, 1.54) is 5.56 Å². The van der Waals surface area contributed by atoms with E-state index < -0.39 is 6.29 Å². The van der Waals surface area contributed by atoms with Gasteiger partial charge < -0.3 is 20.1 Å². The molecule has 0 saturated carbocycles. The van der Waals surface area contributed by atoms with Gasteiger partial charge in [-0.05, 0) is 45.3 Å². The van der Waals surface area contributed by atoms with Crippen molar-refractivity contribution < 1.29 is 14.6 Å². The summed E-state index contributed by atoms with van der Waals surface area (Å²) in [6.07, 6.45) is 2.93. The third kappa shape index (κ3) is 5.75. The van der Waals surface area contributed by atoms with Crippen LogP contribution in [0.4, 0.5) is 0 Å². The molecule has 2 aliphatic rings. The topological polar surface area (TPSA) is 65.0 Å². The van der Waals surface area contributed by atoms with Crippen molar-refractivity contribution in [3.8, 4) is 0 Å². The monoisotopic (exact) mass is 375 g/mol. The summed E-state index contributed by atoms with van der Waals surface area (Å²) in [6.45, 7) is 5.21. The molecular formula is C21H33N3O3. The summed E-state index contributed by atoms with van der Waals surface area (Å²) in [5, 5.41) is 12.9. The molecule has 0 bridgehead atoms. The number of rotatable bonds is 7. The number of aliphatic hydroxyl groups is 1. The number of likely N-dealkylation sites (tertiary alicyclic amines) is 1. The first-order chi connectivity index (χ1) is 13.0. The first kappa shape index (κ1) is 20.3. The molecule has 2 saturated heterocycles. The number of aliphatic hydroxyl groups excluding tert-OH is 1. The summed E-state index contributed by atoms with van der Waals surface area (Å²) in [6, 6.07) is 10.6. The highest BCUT2D eigenvalue weighted by Crippen LogP contribution is 2.22. The minimum Gasteiger partial charge on any atom is -0.368 e. The molecule has 6 heteroatoms. The number of nitrogens with zero attached hydrogens (tertiary/aromatic N) is 2. The highest BCUT2D eigenvalue weighted by atomic mass is 16.6. The number of benzene rings is 1. The van der Waals surface area contributed by atoms with Crippen LogP contribution in [-0.2, 0) is 16.1 Å². The maximum absolute atomic E-state index is 12.7. The van der Waals surface area contributed by atoms with Crippen molar-refractivity contribution in [1.29, 1.82) is 0 Å². The molecule has 2 fully saturated rings.